The normalized spacial score (nSPS) is 50.2. The van der Waals surface area contributed by atoms with Crippen molar-refractivity contribution < 1.29 is 15.3 Å². The summed E-state index contributed by atoms with van der Waals surface area (Å²) < 4.78 is 0. The number of aliphatic hydroxyl groups excluding tert-OH is 3. The van der Waals surface area contributed by atoms with Crippen molar-refractivity contribution in [2.45, 2.75) is 104 Å². The fourth-order valence-electron chi connectivity index (χ4n) is 6.84. The molecule has 0 saturated heterocycles. The molecule has 3 nitrogen and oxygen atoms in total. The van der Waals surface area contributed by atoms with Crippen LogP contribution in [0.25, 0.3) is 0 Å². The maximum Gasteiger partial charge on any atom is 0.0566 e. The van der Waals surface area contributed by atoms with Crippen molar-refractivity contribution in [3.05, 3.63) is 0 Å². The van der Waals surface area contributed by atoms with E-state index in [4.69, 9.17) is 0 Å². The molecule has 9 unspecified atom stereocenters. The molecule has 0 bridgehead atoms. The van der Waals surface area contributed by atoms with Gasteiger partial charge in [-0.05, 0) is 98.7 Å². The zero-order valence-corrected chi connectivity index (χ0v) is 17.4. The van der Waals surface area contributed by atoms with Gasteiger partial charge in [-0.2, -0.15) is 0 Å². The molecule has 3 saturated carbocycles. The monoisotopic (exact) mass is 366 g/mol. The van der Waals surface area contributed by atoms with Crippen LogP contribution in [0, 0.1) is 40.9 Å². The average molecular weight is 367 g/mol. The van der Waals surface area contributed by atoms with Gasteiger partial charge in [-0.3, -0.25) is 0 Å². The van der Waals surface area contributed by atoms with E-state index in [1.54, 1.807) is 0 Å². The Labute approximate surface area is 160 Å². The van der Waals surface area contributed by atoms with Crippen LogP contribution in [0.1, 0.15) is 85.5 Å². The summed E-state index contributed by atoms with van der Waals surface area (Å²) in [6.45, 7) is 9.21. The number of hydrogen-bond acceptors (Lipinski definition) is 3. The highest BCUT2D eigenvalue weighted by Gasteiger charge is 2.51. The largest absolute Gasteiger partial charge is 0.393 e. The Morgan fingerprint density at radius 1 is 0.538 bits per heavy atom. The van der Waals surface area contributed by atoms with Crippen molar-refractivity contribution >= 4 is 0 Å². The van der Waals surface area contributed by atoms with Crippen molar-refractivity contribution in [2.75, 3.05) is 0 Å². The standard InChI is InChI=1S/C23H42O3/c1-14-11-17(5-8-20(14)24)23(4,18-6-9-21(25)15(2)12-18)19-7-10-22(26)16(3)13-19/h14-22,24-26H,5-13H2,1-4H3. The van der Waals surface area contributed by atoms with Gasteiger partial charge >= 0.3 is 0 Å². The van der Waals surface area contributed by atoms with Gasteiger partial charge in [-0.25, -0.2) is 0 Å². The summed E-state index contributed by atoms with van der Waals surface area (Å²) in [5.41, 5.74) is 0.275. The fourth-order valence-corrected chi connectivity index (χ4v) is 6.84. The van der Waals surface area contributed by atoms with E-state index in [1.165, 1.54) is 0 Å². The molecule has 0 heterocycles. The maximum atomic E-state index is 10.3. The first-order valence-electron chi connectivity index (χ1n) is 11.3. The van der Waals surface area contributed by atoms with Crippen LogP contribution in [0.5, 0.6) is 0 Å². The Balaban J connectivity index is 1.85. The first kappa shape index (κ1) is 20.6. The van der Waals surface area contributed by atoms with E-state index in [-0.39, 0.29) is 23.7 Å². The smallest absolute Gasteiger partial charge is 0.0566 e. The molecular weight excluding hydrogens is 324 g/mol. The van der Waals surface area contributed by atoms with E-state index >= 15 is 0 Å². The molecule has 26 heavy (non-hydrogen) atoms. The van der Waals surface area contributed by atoms with Crippen molar-refractivity contribution in [1.82, 2.24) is 0 Å². The third-order valence-electron chi connectivity index (χ3n) is 9.01. The highest BCUT2D eigenvalue weighted by atomic mass is 16.3. The SMILES string of the molecule is CC1CC(C(C)(C2CCC(O)C(C)C2)C2CCC(O)C(C)C2)CCC1O. The molecule has 0 aromatic heterocycles. The van der Waals surface area contributed by atoms with Crippen molar-refractivity contribution in [2.24, 2.45) is 40.9 Å². The molecule has 0 radical (unpaired) electrons. The van der Waals surface area contributed by atoms with Gasteiger partial charge in [0, 0.05) is 0 Å². The second kappa shape index (κ2) is 8.09. The molecule has 0 spiro atoms. The Morgan fingerprint density at radius 3 is 1.04 bits per heavy atom. The maximum absolute atomic E-state index is 10.3. The van der Waals surface area contributed by atoms with Crippen LogP contribution in [0.3, 0.4) is 0 Å². The zero-order valence-electron chi connectivity index (χ0n) is 17.4. The topological polar surface area (TPSA) is 60.7 Å². The second-order valence-corrected chi connectivity index (χ2v) is 10.5. The van der Waals surface area contributed by atoms with E-state index in [9.17, 15) is 15.3 Å². The molecule has 3 rings (SSSR count). The lowest BCUT2D eigenvalue weighted by Crippen LogP contribution is -2.50. The first-order valence-corrected chi connectivity index (χ1v) is 11.3. The van der Waals surface area contributed by atoms with Gasteiger partial charge in [0.05, 0.1) is 18.3 Å². The minimum Gasteiger partial charge on any atom is -0.393 e. The van der Waals surface area contributed by atoms with E-state index in [0.717, 1.165) is 57.8 Å². The first-order chi connectivity index (χ1) is 12.2. The quantitative estimate of drug-likeness (QED) is 0.694. The van der Waals surface area contributed by atoms with Gasteiger partial charge < -0.3 is 15.3 Å². The van der Waals surface area contributed by atoms with Gasteiger partial charge in [0.15, 0.2) is 0 Å². The van der Waals surface area contributed by atoms with E-state index < -0.39 is 0 Å². The highest BCUT2D eigenvalue weighted by Crippen LogP contribution is 2.57. The minimum absolute atomic E-state index is 0.130. The zero-order chi connectivity index (χ0) is 19.1. The average Bonchev–Trinajstić information content (AvgIpc) is 2.61. The molecule has 0 aromatic carbocycles. The lowest BCUT2D eigenvalue weighted by Gasteiger charge is -2.56. The number of rotatable bonds is 3. The molecule has 0 aliphatic heterocycles. The van der Waals surface area contributed by atoms with Gasteiger partial charge in [-0.15, -0.1) is 0 Å². The summed E-state index contributed by atoms with van der Waals surface area (Å²) in [5, 5.41) is 30.8. The summed E-state index contributed by atoms with van der Waals surface area (Å²) in [6, 6.07) is 0. The Hall–Kier alpha value is -0.120. The third kappa shape index (κ3) is 3.86. The summed E-state index contributed by atoms with van der Waals surface area (Å²) >= 11 is 0. The van der Waals surface area contributed by atoms with Gasteiger partial charge in [0.2, 0.25) is 0 Å². The number of aliphatic hydroxyl groups is 3. The van der Waals surface area contributed by atoms with Crippen LogP contribution in [-0.2, 0) is 0 Å². The Kier molecular flexibility index (Phi) is 6.41. The van der Waals surface area contributed by atoms with E-state index in [2.05, 4.69) is 27.7 Å². The Bertz CT molecular complexity index is 400. The van der Waals surface area contributed by atoms with Gasteiger partial charge in [-0.1, -0.05) is 27.7 Å². The van der Waals surface area contributed by atoms with Crippen molar-refractivity contribution in [3.63, 3.8) is 0 Å². The summed E-state index contributed by atoms with van der Waals surface area (Å²) in [5.74, 6) is 3.19. The van der Waals surface area contributed by atoms with Crippen LogP contribution in [0.2, 0.25) is 0 Å². The van der Waals surface area contributed by atoms with Gasteiger partial charge in [0.25, 0.3) is 0 Å². The molecule has 3 heteroatoms. The molecule has 0 aromatic rings. The van der Waals surface area contributed by atoms with Crippen molar-refractivity contribution in [3.8, 4) is 0 Å². The predicted octanol–water partition coefficient (Wildman–Crippen LogP) is 4.38. The highest BCUT2D eigenvalue weighted by molar-refractivity contribution is 5.00. The second-order valence-electron chi connectivity index (χ2n) is 10.5. The predicted molar refractivity (Wildman–Crippen MR) is 106 cm³/mol. The van der Waals surface area contributed by atoms with E-state index in [1.807, 2.05) is 0 Å². The molecule has 3 fully saturated rings. The lowest BCUT2D eigenvalue weighted by atomic mass is 9.50. The minimum atomic E-state index is -0.130. The molecule has 9 atom stereocenters. The molecule has 0 amide bonds. The van der Waals surface area contributed by atoms with Crippen LogP contribution >= 0.6 is 0 Å². The Morgan fingerprint density at radius 2 is 0.808 bits per heavy atom. The molecule has 152 valence electrons. The van der Waals surface area contributed by atoms with Gasteiger partial charge in [0.1, 0.15) is 0 Å². The fraction of sp³-hybridized carbons (Fsp3) is 1.00. The van der Waals surface area contributed by atoms with Crippen LogP contribution in [0.4, 0.5) is 0 Å². The van der Waals surface area contributed by atoms with Crippen LogP contribution in [-0.4, -0.2) is 33.6 Å². The van der Waals surface area contributed by atoms with Crippen LogP contribution in [0.15, 0.2) is 0 Å². The summed E-state index contributed by atoms with van der Waals surface area (Å²) in [4.78, 5) is 0. The summed E-state index contributed by atoms with van der Waals surface area (Å²) in [7, 11) is 0. The molecule has 3 aliphatic carbocycles. The summed E-state index contributed by atoms with van der Waals surface area (Å²) in [6.07, 6.45) is 9.27. The molecular formula is C23H42O3. The number of hydrogen-bond donors (Lipinski definition) is 3. The molecule has 3 aliphatic rings. The van der Waals surface area contributed by atoms with Crippen LogP contribution < -0.4 is 0 Å². The van der Waals surface area contributed by atoms with Crippen molar-refractivity contribution in [1.29, 1.82) is 0 Å². The molecule has 3 N–H and O–H groups in total. The lowest BCUT2D eigenvalue weighted by molar-refractivity contribution is -0.0958. The van der Waals surface area contributed by atoms with E-state index in [0.29, 0.717) is 35.5 Å². The third-order valence-corrected chi connectivity index (χ3v) is 9.01.